The second-order valence-corrected chi connectivity index (χ2v) is 8.17. The zero-order valence-corrected chi connectivity index (χ0v) is 18.7. The number of hydrogen-bond donors (Lipinski definition) is 2. The summed E-state index contributed by atoms with van der Waals surface area (Å²) in [5, 5.41) is 0. The topological polar surface area (TPSA) is 109 Å². The Morgan fingerprint density at radius 2 is 1.84 bits per heavy atom. The van der Waals surface area contributed by atoms with Crippen LogP contribution >= 0.6 is 15.9 Å². The monoisotopic (exact) mass is 524 g/mol. The molecule has 2 amide bonds. The number of aromatic nitrogens is 2. The predicted molar refractivity (Wildman–Crippen MR) is 110 cm³/mol. The van der Waals surface area contributed by atoms with Gasteiger partial charge in [-0.3, -0.25) is 15.0 Å². The third kappa shape index (κ3) is 6.73. The highest BCUT2D eigenvalue weighted by Crippen LogP contribution is 2.28. The van der Waals surface area contributed by atoms with Crippen LogP contribution in [0.4, 0.5) is 19.1 Å². The molecule has 0 aliphatic carbocycles. The molecule has 2 N–H and O–H groups in total. The van der Waals surface area contributed by atoms with E-state index in [1.54, 1.807) is 9.80 Å². The van der Waals surface area contributed by atoms with Crippen LogP contribution in [0.25, 0.3) is 0 Å². The van der Waals surface area contributed by atoms with Gasteiger partial charge in [0.1, 0.15) is 4.83 Å². The maximum absolute atomic E-state index is 12.6. The van der Waals surface area contributed by atoms with Crippen LogP contribution in [0.1, 0.15) is 12.0 Å². The zero-order valence-electron chi connectivity index (χ0n) is 17.1. The summed E-state index contributed by atoms with van der Waals surface area (Å²) in [6, 6.07) is 0. The molecule has 3 heterocycles. The van der Waals surface area contributed by atoms with Crippen LogP contribution < -0.4 is 15.8 Å². The Hall–Kier alpha value is -2.03. The molecular formula is C18H24BrF3N6O4. The van der Waals surface area contributed by atoms with E-state index in [0.29, 0.717) is 45.9 Å². The number of alkyl halides is 4. The van der Waals surface area contributed by atoms with Gasteiger partial charge in [0.05, 0.1) is 37.9 Å². The number of halogens is 4. The molecule has 1 aromatic heterocycles. The normalized spacial score (nSPS) is 22.1. The number of hydrazine groups is 1. The van der Waals surface area contributed by atoms with Crippen molar-refractivity contribution < 1.29 is 32.2 Å². The number of amides is 2. The molecule has 0 aromatic carbocycles. The smallest absolute Gasteiger partial charge is 0.379 e. The highest BCUT2D eigenvalue weighted by Gasteiger charge is 2.32. The number of rotatable bonds is 8. The van der Waals surface area contributed by atoms with Crippen molar-refractivity contribution in [2.45, 2.75) is 23.5 Å². The average Bonchev–Trinajstić information content (AvgIpc) is 2.78. The van der Waals surface area contributed by atoms with Crippen molar-refractivity contribution in [3.63, 3.8) is 0 Å². The van der Waals surface area contributed by atoms with Crippen molar-refractivity contribution in [3.8, 4) is 0 Å². The number of anilines is 1. The Labute approximate surface area is 190 Å². The first-order valence-corrected chi connectivity index (χ1v) is 11.0. The maximum Gasteiger partial charge on any atom is 0.419 e. The van der Waals surface area contributed by atoms with Gasteiger partial charge in [-0.05, 0) is 0 Å². The summed E-state index contributed by atoms with van der Waals surface area (Å²) in [5.74, 6) is -0.0462. The van der Waals surface area contributed by atoms with Crippen LogP contribution in [-0.4, -0.2) is 90.2 Å². The van der Waals surface area contributed by atoms with Gasteiger partial charge in [0, 0.05) is 45.1 Å². The third-order valence-corrected chi connectivity index (χ3v) is 6.00. The lowest BCUT2D eigenvalue weighted by Crippen LogP contribution is -2.57. The van der Waals surface area contributed by atoms with Crippen molar-refractivity contribution in [3.05, 3.63) is 18.0 Å². The lowest BCUT2D eigenvalue weighted by atomic mass is 10.2. The Bertz CT molecular complexity index is 777. The summed E-state index contributed by atoms with van der Waals surface area (Å²) < 4.78 is 48.9. The van der Waals surface area contributed by atoms with Crippen LogP contribution in [0.2, 0.25) is 0 Å². The summed E-state index contributed by atoms with van der Waals surface area (Å²) in [7, 11) is 0. The molecule has 10 nitrogen and oxygen atoms in total. The molecule has 2 aliphatic heterocycles. The Kier molecular flexibility index (Phi) is 8.62. The summed E-state index contributed by atoms with van der Waals surface area (Å²) in [6.07, 6.45) is -3.04. The Morgan fingerprint density at radius 1 is 1.16 bits per heavy atom. The SMILES string of the molecule is O=C1NNCC(OCCOCCC(=O)N2CCN(c3ncc(C(F)(F)F)cn3)CC2)C1Br. The van der Waals surface area contributed by atoms with E-state index in [2.05, 4.69) is 36.7 Å². The van der Waals surface area contributed by atoms with Crippen molar-refractivity contribution in [1.29, 1.82) is 0 Å². The number of carbonyl (C=O) groups excluding carboxylic acids is 2. The van der Waals surface area contributed by atoms with Crippen molar-refractivity contribution in [2.24, 2.45) is 0 Å². The quantitative estimate of drug-likeness (QED) is 0.370. The van der Waals surface area contributed by atoms with Gasteiger partial charge in [-0.2, -0.15) is 13.2 Å². The van der Waals surface area contributed by atoms with Gasteiger partial charge in [0.2, 0.25) is 11.9 Å². The van der Waals surface area contributed by atoms with Crippen LogP contribution in [0, 0.1) is 0 Å². The molecule has 2 atom stereocenters. The number of piperazine rings is 1. The number of carbonyl (C=O) groups is 2. The first kappa shape index (κ1) is 24.6. The van der Waals surface area contributed by atoms with Crippen LogP contribution in [0.3, 0.4) is 0 Å². The van der Waals surface area contributed by atoms with Gasteiger partial charge >= 0.3 is 6.18 Å². The first-order valence-electron chi connectivity index (χ1n) is 10.0. The highest BCUT2D eigenvalue weighted by atomic mass is 79.9. The van der Waals surface area contributed by atoms with Crippen LogP contribution in [-0.2, 0) is 25.2 Å². The van der Waals surface area contributed by atoms with E-state index < -0.39 is 16.6 Å². The van der Waals surface area contributed by atoms with Gasteiger partial charge in [-0.1, -0.05) is 15.9 Å². The number of nitrogens with zero attached hydrogens (tertiary/aromatic N) is 4. The molecule has 1 aromatic rings. The van der Waals surface area contributed by atoms with Crippen molar-refractivity contribution in [1.82, 2.24) is 25.7 Å². The second kappa shape index (κ2) is 11.2. The molecule has 2 unspecified atom stereocenters. The summed E-state index contributed by atoms with van der Waals surface area (Å²) in [5.41, 5.74) is 4.34. The molecule has 0 radical (unpaired) electrons. The lowest BCUT2D eigenvalue weighted by molar-refractivity contribution is -0.138. The van der Waals surface area contributed by atoms with Gasteiger partial charge in [-0.15, -0.1) is 0 Å². The molecule has 3 rings (SSSR count). The Morgan fingerprint density at radius 3 is 2.50 bits per heavy atom. The van der Waals surface area contributed by atoms with Gasteiger partial charge < -0.3 is 19.3 Å². The van der Waals surface area contributed by atoms with Gasteiger partial charge in [0.15, 0.2) is 0 Å². The predicted octanol–water partition coefficient (Wildman–Crippen LogP) is 0.334. The van der Waals surface area contributed by atoms with E-state index in [1.807, 2.05) is 0 Å². The van der Waals surface area contributed by atoms with Crippen molar-refractivity contribution >= 4 is 33.7 Å². The minimum Gasteiger partial charge on any atom is -0.379 e. The van der Waals surface area contributed by atoms with Gasteiger partial charge in [-0.25, -0.2) is 15.4 Å². The van der Waals surface area contributed by atoms with Crippen molar-refractivity contribution in [2.75, 3.05) is 57.4 Å². The Balaban J connectivity index is 1.30. The fraction of sp³-hybridized carbons (Fsp3) is 0.667. The second-order valence-electron chi connectivity index (χ2n) is 7.18. The molecule has 2 aliphatic rings. The van der Waals surface area contributed by atoms with Gasteiger partial charge in [0.25, 0.3) is 5.91 Å². The average molecular weight is 525 g/mol. The van der Waals surface area contributed by atoms with E-state index in [-0.39, 0.29) is 36.9 Å². The van der Waals surface area contributed by atoms with E-state index in [4.69, 9.17) is 9.47 Å². The molecule has 2 saturated heterocycles. The summed E-state index contributed by atoms with van der Waals surface area (Å²) in [4.78, 5) is 34.4. The van der Waals surface area contributed by atoms with E-state index in [0.717, 1.165) is 12.4 Å². The number of hydrogen-bond acceptors (Lipinski definition) is 8. The molecule has 178 valence electrons. The van der Waals surface area contributed by atoms with E-state index in [9.17, 15) is 22.8 Å². The summed E-state index contributed by atoms with van der Waals surface area (Å²) in [6.45, 7) is 3.03. The fourth-order valence-corrected chi connectivity index (χ4v) is 3.64. The molecule has 32 heavy (non-hydrogen) atoms. The summed E-state index contributed by atoms with van der Waals surface area (Å²) >= 11 is 3.27. The lowest BCUT2D eigenvalue weighted by Gasteiger charge is -2.34. The van der Waals surface area contributed by atoms with Crippen LogP contribution in [0.5, 0.6) is 0 Å². The minimum atomic E-state index is -4.47. The van der Waals surface area contributed by atoms with Crippen LogP contribution in [0.15, 0.2) is 12.4 Å². The number of ether oxygens (including phenoxy) is 2. The van der Waals surface area contributed by atoms with E-state index >= 15 is 0 Å². The third-order valence-electron chi connectivity index (χ3n) is 4.99. The molecule has 2 fully saturated rings. The number of nitrogens with one attached hydrogen (secondary N) is 2. The molecular weight excluding hydrogens is 501 g/mol. The maximum atomic E-state index is 12.6. The molecule has 0 saturated carbocycles. The highest BCUT2D eigenvalue weighted by molar-refractivity contribution is 9.10. The zero-order chi connectivity index (χ0) is 23.1. The minimum absolute atomic E-state index is 0.0624. The fourth-order valence-electron chi connectivity index (χ4n) is 3.19. The standard InChI is InChI=1S/C18H24BrF3N6O4/c19-15-13(11-25-26-16(15)30)32-8-7-31-6-1-14(29)27-2-4-28(5-3-27)17-23-9-12(10-24-17)18(20,21)22/h9-10,13,15,25H,1-8,11H2,(H,26,30). The molecule has 0 bridgehead atoms. The largest absolute Gasteiger partial charge is 0.419 e. The first-order chi connectivity index (χ1) is 15.3. The van der Waals surface area contributed by atoms with E-state index in [1.165, 1.54) is 0 Å². The molecule has 0 spiro atoms. The molecule has 14 heteroatoms.